The summed E-state index contributed by atoms with van der Waals surface area (Å²) in [6.45, 7) is 9.82. The monoisotopic (exact) mass is 179 g/mol. The van der Waals surface area contributed by atoms with E-state index in [9.17, 15) is 4.79 Å². The smallest absolute Gasteiger partial charge is 0.157 e. The third-order valence-electron chi connectivity index (χ3n) is 2.20. The molecule has 0 aromatic heterocycles. The summed E-state index contributed by atoms with van der Waals surface area (Å²) in [4.78, 5) is 13.2. The van der Waals surface area contributed by atoms with Crippen molar-refractivity contribution in [3.63, 3.8) is 0 Å². The number of hydrogen-bond donors (Lipinski definition) is 0. The molecule has 0 N–H and O–H groups in total. The van der Waals surface area contributed by atoms with Crippen molar-refractivity contribution >= 4 is 5.78 Å². The van der Waals surface area contributed by atoms with Crippen LogP contribution in [0.15, 0.2) is 23.9 Å². The highest BCUT2D eigenvalue weighted by molar-refractivity contribution is 5.92. The zero-order valence-corrected chi connectivity index (χ0v) is 8.47. The number of nitrogens with zero attached hydrogens (tertiary/aromatic N) is 1. The van der Waals surface area contributed by atoms with Crippen LogP contribution in [0.5, 0.6) is 0 Å². The Bertz CT molecular complexity index is 253. The number of carbonyl (C=O) groups is 1. The van der Waals surface area contributed by atoms with E-state index in [1.165, 1.54) is 5.70 Å². The molecule has 72 valence electrons. The van der Waals surface area contributed by atoms with Gasteiger partial charge in [-0.15, -0.1) is 0 Å². The predicted octanol–water partition coefficient (Wildman–Crippen LogP) is 2.13. The second kappa shape index (κ2) is 4.26. The van der Waals surface area contributed by atoms with E-state index < -0.39 is 0 Å². The van der Waals surface area contributed by atoms with Gasteiger partial charge in [-0.1, -0.05) is 12.2 Å². The van der Waals surface area contributed by atoms with Crippen molar-refractivity contribution in [2.24, 2.45) is 0 Å². The summed E-state index contributed by atoms with van der Waals surface area (Å²) in [5.41, 5.74) is 2.32. The molecule has 0 aromatic rings. The first kappa shape index (κ1) is 10.0. The van der Waals surface area contributed by atoms with Gasteiger partial charge in [0.1, 0.15) is 0 Å². The molecule has 0 heterocycles. The number of hydrogen-bond acceptors (Lipinski definition) is 2. The van der Waals surface area contributed by atoms with Gasteiger partial charge in [-0.2, -0.15) is 0 Å². The molecule has 0 aliphatic heterocycles. The molecule has 13 heavy (non-hydrogen) atoms. The SMILES string of the molecule is C=C(C)CN(CC)C1=CC(=O)CC1. The Kier molecular flexibility index (Phi) is 3.29. The van der Waals surface area contributed by atoms with E-state index in [4.69, 9.17) is 0 Å². The highest BCUT2D eigenvalue weighted by Gasteiger charge is 2.16. The molecule has 2 nitrogen and oxygen atoms in total. The van der Waals surface area contributed by atoms with Crippen LogP contribution in [0, 0.1) is 0 Å². The van der Waals surface area contributed by atoms with Crippen molar-refractivity contribution in [1.82, 2.24) is 4.90 Å². The highest BCUT2D eigenvalue weighted by Crippen LogP contribution is 2.19. The summed E-state index contributed by atoms with van der Waals surface area (Å²) in [5.74, 6) is 0.259. The van der Waals surface area contributed by atoms with Gasteiger partial charge < -0.3 is 4.90 Å². The molecule has 0 spiro atoms. The number of ketones is 1. The minimum Gasteiger partial charge on any atom is -0.371 e. The fourth-order valence-corrected chi connectivity index (χ4v) is 1.57. The van der Waals surface area contributed by atoms with Crippen molar-refractivity contribution < 1.29 is 4.79 Å². The summed E-state index contributed by atoms with van der Waals surface area (Å²) < 4.78 is 0. The Morgan fingerprint density at radius 1 is 1.62 bits per heavy atom. The van der Waals surface area contributed by atoms with E-state index in [0.717, 1.165) is 25.1 Å². The third kappa shape index (κ3) is 2.72. The molecule has 0 saturated carbocycles. The minimum absolute atomic E-state index is 0.259. The van der Waals surface area contributed by atoms with Crippen LogP contribution in [-0.2, 0) is 4.79 Å². The second-order valence-electron chi connectivity index (χ2n) is 3.57. The van der Waals surface area contributed by atoms with Gasteiger partial charge in [0.05, 0.1) is 0 Å². The molecule has 0 bridgehead atoms. The lowest BCUT2D eigenvalue weighted by Crippen LogP contribution is -2.23. The van der Waals surface area contributed by atoms with Crippen LogP contribution in [0.1, 0.15) is 26.7 Å². The fourth-order valence-electron chi connectivity index (χ4n) is 1.57. The molecule has 0 amide bonds. The molecule has 0 aromatic carbocycles. The Morgan fingerprint density at radius 2 is 2.31 bits per heavy atom. The molecule has 0 fully saturated rings. The van der Waals surface area contributed by atoms with Gasteiger partial charge in [0.2, 0.25) is 0 Å². The van der Waals surface area contributed by atoms with Gasteiger partial charge in [-0.3, -0.25) is 4.79 Å². The maximum absolute atomic E-state index is 11.0. The summed E-state index contributed by atoms with van der Waals surface area (Å²) >= 11 is 0. The molecule has 0 atom stereocenters. The Labute approximate surface area is 79.9 Å². The predicted molar refractivity (Wildman–Crippen MR) is 54.4 cm³/mol. The molecule has 0 saturated heterocycles. The standard InChI is InChI=1S/C11H17NO/c1-4-12(8-9(2)3)10-5-6-11(13)7-10/h7H,2,4-6,8H2,1,3H3. The minimum atomic E-state index is 0.259. The normalized spacial score (nSPS) is 15.8. The van der Waals surface area contributed by atoms with Gasteiger partial charge >= 0.3 is 0 Å². The van der Waals surface area contributed by atoms with E-state index in [0.29, 0.717) is 6.42 Å². The molecular weight excluding hydrogens is 162 g/mol. The summed E-state index contributed by atoms with van der Waals surface area (Å²) in [5, 5.41) is 0. The zero-order valence-electron chi connectivity index (χ0n) is 8.47. The number of carbonyl (C=O) groups excluding carboxylic acids is 1. The van der Waals surface area contributed by atoms with Gasteiger partial charge in [0.25, 0.3) is 0 Å². The first-order valence-electron chi connectivity index (χ1n) is 4.76. The molecule has 1 aliphatic rings. The molecule has 0 unspecified atom stereocenters. The van der Waals surface area contributed by atoms with Gasteiger partial charge in [-0.05, 0) is 20.3 Å². The number of likely N-dealkylation sites (N-methyl/N-ethyl adjacent to an activating group) is 1. The Balaban J connectivity index is 2.61. The summed E-state index contributed by atoms with van der Waals surface area (Å²) in [7, 11) is 0. The highest BCUT2D eigenvalue weighted by atomic mass is 16.1. The van der Waals surface area contributed by atoms with Crippen molar-refractivity contribution in [1.29, 1.82) is 0 Å². The van der Waals surface area contributed by atoms with Crippen LogP contribution in [0.25, 0.3) is 0 Å². The number of allylic oxidation sites excluding steroid dienone is 2. The van der Waals surface area contributed by atoms with Gasteiger partial charge in [0.15, 0.2) is 5.78 Å². The lowest BCUT2D eigenvalue weighted by molar-refractivity contribution is -0.114. The molecule has 0 radical (unpaired) electrons. The lowest BCUT2D eigenvalue weighted by Gasteiger charge is -2.23. The van der Waals surface area contributed by atoms with Crippen molar-refractivity contribution in [2.75, 3.05) is 13.1 Å². The van der Waals surface area contributed by atoms with Crippen LogP contribution >= 0.6 is 0 Å². The van der Waals surface area contributed by atoms with Crippen LogP contribution in [0.4, 0.5) is 0 Å². The summed E-state index contributed by atoms with van der Waals surface area (Å²) in [6, 6.07) is 0. The van der Waals surface area contributed by atoms with Crippen molar-refractivity contribution in [3.8, 4) is 0 Å². The average molecular weight is 179 g/mol. The second-order valence-corrected chi connectivity index (χ2v) is 3.57. The molecule has 2 heteroatoms. The van der Waals surface area contributed by atoms with E-state index in [1.54, 1.807) is 6.08 Å². The summed E-state index contributed by atoms with van der Waals surface area (Å²) in [6.07, 6.45) is 3.36. The topological polar surface area (TPSA) is 20.3 Å². The van der Waals surface area contributed by atoms with Crippen LogP contribution < -0.4 is 0 Å². The van der Waals surface area contributed by atoms with Crippen molar-refractivity contribution in [3.05, 3.63) is 23.9 Å². The van der Waals surface area contributed by atoms with E-state index in [-0.39, 0.29) is 5.78 Å². The zero-order chi connectivity index (χ0) is 9.84. The van der Waals surface area contributed by atoms with Crippen LogP contribution in [-0.4, -0.2) is 23.8 Å². The maximum atomic E-state index is 11.0. The van der Waals surface area contributed by atoms with Crippen LogP contribution in [0.2, 0.25) is 0 Å². The quantitative estimate of drug-likeness (QED) is 0.616. The first-order chi connectivity index (χ1) is 6.13. The maximum Gasteiger partial charge on any atom is 0.157 e. The van der Waals surface area contributed by atoms with Gasteiger partial charge in [-0.25, -0.2) is 0 Å². The van der Waals surface area contributed by atoms with E-state index >= 15 is 0 Å². The van der Waals surface area contributed by atoms with Crippen molar-refractivity contribution in [2.45, 2.75) is 26.7 Å². The van der Waals surface area contributed by atoms with E-state index in [2.05, 4.69) is 18.4 Å². The Hall–Kier alpha value is -1.05. The lowest BCUT2D eigenvalue weighted by atomic mass is 10.2. The number of rotatable bonds is 4. The van der Waals surface area contributed by atoms with E-state index in [1.807, 2.05) is 6.92 Å². The first-order valence-corrected chi connectivity index (χ1v) is 4.76. The molecular formula is C11H17NO. The molecule has 1 aliphatic carbocycles. The van der Waals surface area contributed by atoms with Crippen LogP contribution in [0.3, 0.4) is 0 Å². The third-order valence-corrected chi connectivity index (χ3v) is 2.20. The average Bonchev–Trinajstić information content (AvgIpc) is 2.47. The Morgan fingerprint density at radius 3 is 2.69 bits per heavy atom. The fraction of sp³-hybridized carbons (Fsp3) is 0.545. The van der Waals surface area contributed by atoms with Gasteiger partial charge in [0, 0.05) is 31.3 Å². The molecule has 1 rings (SSSR count). The largest absolute Gasteiger partial charge is 0.371 e.